The summed E-state index contributed by atoms with van der Waals surface area (Å²) < 4.78 is 0. The fourth-order valence-corrected chi connectivity index (χ4v) is 4.66. The summed E-state index contributed by atoms with van der Waals surface area (Å²) in [6.07, 6.45) is 5.20. The van der Waals surface area contributed by atoms with Crippen molar-refractivity contribution < 1.29 is 4.79 Å². The summed E-state index contributed by atoms with van der Waals surface area (Å²) in [6.45, 7) is 2.57. The van der Waals surface area contributed by atoms with Crippen molar-refractivity contribution in [3.05, 3.63) is 101 Å². The van der Waals surface area contributed by atoms with Gasteiger partial charge in [-0.2, -0.15) is 0 Å². The van der Waals surface area contributed by atoms with Crippen LogP contribution in [0, 0.1) is 5.92 Å². The Balaban J connectivity index is 1.31. The quantitative estimate of drug-likeness (QED) is 0.652. The Hall–Kier alpha value is -3.11. The maximum Gasteiger partial charge on any atom is 0.163 e. The lowest BCUT2D eigenvalue weighted by Crippen LogP contribution is -2.36. The third-order valence-electron chi connectivity index (χ3n) is 6.23. The van der Waals surface area contributed by atoms with E-state index in [1.165, 1.54) is 11.1 Å². The third kappa shape index (κ3) is 3.83. The number of rotatable bonds is 5. The number of aliphatic imine (C=N–C) groups is 1. The zero-order valence-electron chi connectivity index (χ0n) is 16.9. The molecule has 2 aromatic carbocycles. The molecule has 30 heavy (non-hydrogen) atoms. The number of carbonyl (C=O) groups is 1. The molecule has 4 heteroatoms. The summed E-state index contributed by atoms with van der Waals surface area (Å²) in [5, 5.41) is 3.53. The molecule has 0 radical (unpaired) electrons. The van der Waals surface area contributed by atoms with Gasteiger partial charge in [0.1, 0.15) is 0 Å². The summed E-state index contributed by atoms with van der Waals surface area (Å²) >= 11 is 0. The molecule has 1 aromatic heterocycles. The van der Waals surface area contributed by atoms with Gasteiger partial charge in [-0.25, -0.2) is 0 Å². The molecular weight excluding hydrogens is 370 g/mol. The Morgan fingerprint density at radius 3 is 2.67 bits per heavy atom. The van der Waals surface area contributed by atoms with E-state index in [2.05, 4.69) is 46.7 Å². The Bertz CT molecular complexity index is 1080. The summed E-state index contributed by atoms with van der Waals surface area (Å²) in [6, 6.07) is 20.6. The van der Waals surface area contributed by atoms with Crippen LogP contribution >= 0.6 is 0 Å². The molecule has 0 aliphatic carbocycles. The van der Waals surface area contributed by atoms with E-state index in [0.717, 1.165) is 41.9 Å². The van der Waals surface area contributed by atoms with Crippen LogP contribution in [0.3, 0.4) is 0 Å². The average Bonchev–Trinajstić information content (AvgIpc) is 3.24. The topological polar surface area (TPSA) is 54.4 Å². The van der Waals surface area contributed by atoms with E-state index >= 15 is 0 Å². The minimum Gasteiger partial charge on any atom is -0.316 e. The number of piperidine rings is 1. The molecule has 0 amide bonds. The fourth-order valence-electron chi connectivity index (χ4n) is 4.66. The van der Waals surface area contributed by atoms with E-state index < -0.39 is 0 Å². The molecule has 4 nitrogen and oxygen atoms in total. The zero-order chi connectivity index (χ0) is 20.3. The van der Waals surface area contributed by atoms with E-state index in [0.29, 0.717) is 24.8 Å². The molecule has 1 N–H and O–H groups in total. The first-order chi connectivity index (χ1) is 14.8. The van der Waals surface area contributed by atoms with Crippen LogP contribution in [0.15, 0.2) is 78.0 Å². The lowest BCUT2D eigenvalue weighted by Gasteiger charge is -2.30. The minimum absolute atomic E-state index is 0.222. The Kier molecular flexibility index (Phi) is 5.24. The number of nitrogens with zero attached hydrogens (tertiary/aromatic N) is 2. The highest BCUT2D eigenvalue weighted by molar-refractivity contribution is 6.16. The summed E-state index contributed by atoms with van der Waals surface area (Å²) in [7, 11) is 0. The molecule has 0 spiro atoms. The normalized spacial score (nSPS) is 20.5. The second kappa shape index (κ2) is 8.33. The third-order valence-corrected chi connectivity index (χ3v) is 6.23. The van der Waals surface area contributed by atoms with Crippen molar-refractivity contribution in [3.8, 4) is 0 Å². The first-order valence-electron chi connectivity index (χ1n) is 10.6. The van der Waals surface area contributed by atoms with Crippen molar-refractivity contribution in [2.45, 2.75) is 25.3 Å². The number of Topliss-reactive ketones (excluding diaryl/α,β-unsaturated/α-hetero) is 1. The molecule has 3 heterocycles. The number of hydrogen-bond donors (Lipinski definition) is 1. The van der Waals surface area contributed by atoms with Crippen molar-refractivity contribution in [1.29, 1.82) is 0 Å². The molecule has 2 aliphatic heterocycles. The van der Waals surface area contributed by atoms with Gasteiger partial charge < -0.3 is 5.32 Å². The Morgan fingerprint density at radius 2 is 1.83 bits per heavy atom. The monoisotopic (exact) mass is 395 g/mol. The molecule has 1 fully saturated rings. The molecule has 0 bridgehead atoms. The van der Waals surface area contributed by atoms with E-state index in [-0.39, 0.29) is 5.78 Å². The van der Waals surface area contributed by atoms with Crippen LogP contribution in [0.1, 0.15) is 51.4 Å². The van der Waals surface area contributed by atoms with E-state index in [1.54, 1.807) is 12.4 Å². The molecule has 150 valence electrons. The van der Waals surface area contributed by atoms with Crippen molar-refractivity contribution >= 4 is 11.5 Å². The van der Waals surface area contributed by atoms with Crippen LogP contribution in [0.2, 0.25) is 0 Å². The van der Waals surface area contributed by atoms with Crippen LogP contribution in [-0.2, 0) is 6.54 Å². The molecule has 3 aromatic rings. The number of benzene rings is 2. The number of ketones is 1. The summed E-state index contributed by atoms with van der Waals surface area (Å²) in [5.41, 5.74) is 6.43. The molecule has 2 unspecified atom stereocenters. The second-order valence-corrected chi connectivity index (χ2v) is 8.27. The van der Waals surface area contributed by atoms with Crippen LogP contribution in [0.5, 0.6) is 0 Å². The fraction of sp³-hybridized carbons (Fsp3) is 0.269. The van der Waals surface area contributed by atoms with Gasteiger partial charge in [0.2, 0.25) is 0 Å². The van der Waals surface area contributed by atoms with Gasteiger partial charge in [0.05, 0.1) is 12.3 Å². The van der Waals surface area contributed by atoms with Crippen molar-refractivity contribution in [2.75, 3.05) is 13.1 Å². The van der Waals surface area contributed by atoms with E-state index in [4.69, 9.17) is 4.99 Å². The van der Waals surface area contributed by atoms with Gasteiger partial charge in [0.15, 0.2) is 5.78 Å². The zero-order valence-corrected chi connectivity index (χ0v) is 16.9. The lowest BCUT2D eigenvalue weighted by molar-refractivity contribution is 0.0951. The predicted octanol–water partition coefficient (Wildman–Crippen LogP) is 4.40. The van der Waals surface area contributed by atoms with Crippen LogP contribution in [0.4, 0.5) is 0 Å². The SMILES string of the molecule is O=C(CC1CNCC(c2ccccc2)C1)c1ccc2c(c1)C(c1ccncc1)=NC2. The predicted molar refractivity (Wildman–Crippen MR) is 119 cm³/mol. The second-order valence-electron chi connectivity index (χ2n) is 8.27. The maximum atomic E-state index is 13.1. The van der Waals surface area contributed by atoms with Crippen LogP contribution < -0.4 is 5.32 Å². The molecule has 2 aliphatic rings. The number of pyridine rings is 1. The first-order valence-corrected chi connectivity index (χ1v) is 10.6. The summed E-state index contributed by atoms with van der Waals surface area (Å²) in [5.74, 6) is 1.06. The van der Waals surface area contributed by atoms with Gasteiger partial charge in [-0.05, 0) is 54.1 Å². The van der Waals surface area contributed by atoms with Crippen LogP contribution in [0.25, 0.3) is 0 Å². The Labute approximate surface area is 177 Å². The van der Waals surface area contributed by atoms with Gasteiger partial charge in [-0.1, -0.05) is 42.5 Å². The first kappa shape index (κ1) is 18.9. The number of nitrogens with one attached hydrogen (secondary N) is 1. The number of hydrogen-bond acceptors (Lipinski definition) is 4. The van der Waals surface area contributed by atoms with Crippen molar-refractivity contribution in [1.82, 2.24) is 10.3 Å². The highest BCUT2D eigenvalue weighted by atomic mass is 16.1. The molecule has 0 saturated carbocycles. The average molecular weight is 396 g/mol. The van der Waals surface area contributed by atoms with Gasteiger partial charge in [-0.15, -0.1) is 0 Å². The largest absolute Gasteiger partial charge is 0.316 e. The van der Waals surface area contributed by atoms with Crippen molar-refractivity contribution in [3.63, 3.8) is 0 Å². The van der Waals surface area contributed by atoms with Gasteiger partial charge in [0, 0.05) is 42.0 Å². The maximum absolute atomic E-state index is 13.1. The Morgan fingerprint density at radius 1 is 1.00 bits per heavy atom. The smallest absolute Gasteiger partial charge is 0.163 e. The molecule has 5 rings (SSSR count). The van der Waals surface area contributed by atoms with Crippen LogP contribution in [-0.4, -0.2) is 29.6 Å². The standard InChI is InChI=1S/C26H25N3O/c30-25(13-18-12-23(16-28-15-18)19-4-2-1-3-5-19)21-6-7-22-17-29-26(24(22)14-21)20-8-10-27-11-9-20/h1-11,14,18,23,28H,12-13,15-17H2. The van der Waals surface area contributed by atoms with E-state index in [1.807, 2.05) is 24.3 Å². The van der Waals surface area contributed by atoms with E-state index in [9.17, 15) is 4.79 Å². The molecular formula is C26H25N3O. The van der Waals surface area contributed by atoms with Gasteiger partial charge in [0.25, 0.3) is 0 Å². The lowest BCUT2D eigenvalue weighted by atomic mass is 9.82. The van der Waals surface area contributed by atoms with Crippen molar-refractivity contribution in [2.24, 2.45) is 10.9 Å². The highest BCUT2D eigenvalue weighted by Gasteiger charge is 2.26. The highest BCUT2D eigenvalue weighted by Crippen LogP contribution is 2.30. The van der Waals surface area contributed by atoms with Gasteiger partial charge >= 0.3 is 0 Å². The summed E-state index contributed by atoms with van der Waals surface area (Å²) in [4.78, 5) is 21.9. The minimum atomic E-state index is 0.222. The number of aromatic nitrogens is 1. The molecule has 1 saturated heterocycles. The molecule has 2 atom stereocenters. The van der Waals surface area contributed by atoms with Gasteiger partial charge in [-0.3, -0.25) is 14.8 Å². The number of fused-ring (bicyclic) bond motifs is 1. The number of carbonyl (C=O) groups excluding carboxylic acids is 1.